The smallest absolute Gasteiger partial charge is 0.335 e. The van der Waals surface area contributed by atoms with Crippen molar-refractivity contribution in [3.05, 3.63) is 29.3 Å². The summed E-state index contributed by atoms with van der Waals surface area (Å²) in [5.74, 6) is -0.588. The molecule has 98 valence electrons. The van der Waals surface area contributed by atoms with Gasteiger partial charge in [-0.15, -0.1) is 0 Å². The maximum absolute atomic E-state index is 11.5. The fourth-order valence-corrected chi connectivity index (χ4v) is 1.45. The van der Waals surface area contributed by atoms with Crippen molar-refractivity contribution in [1.82, 2.24) is 5.32 Å². The van der Waals surface area contributed by atoms with Gasteiger partial charge in [-0.3, -0.25) is 0 Å². The number of aromatic carboxylic acids is 1. The Balaban J connectivity index is 2.66. The summed E-state index contributed by atoms with van der Waals surface area (Å²) >= 11 is 0. The highest BCUT2D eigenvalue weighted by molar-refractivity contribution is 5.92. The molecule has 0 aliphatic carbocycles. The lowest BCUT2D eigenvalue weighted by molar-refractivity contribution is 0.0696. The van der Waals surface area contributed by atoms with E-state index in [0.717, 1.165) is 0 Å². The number of hydrogen-bond donors (Lipinski definition) is 3. The normalized spacial score (nSPS) is 10.2. The second-order valence-electron chi connectivity index (χ2n) is 4.56. The molecule has 0 aliphatic rings. The van der Waals surface area contributed by atoms with Crippen LogP contribution in [0.15, 0.2) is 18.2 Å². The lowest BCUT2D eigenvalue weighted by Gasteiger charge is -2.10. The molecule has 3 N–H and O–H groups in total. The summed E-state index contributed by atoms with van der Waals surface area (Å²) in [6.07, 6.45) is 0. The van der Waals surface area contributed by atoms with Crippen LogP contribution in [0, 0.1) is 12.8 Å². The molecule has 5 heteroatoms. The summed E-state index contributed by atoms with van der Waals surface area (Å²) in [6, 6.07) is 4.41. The van der Waals surface area contributed by atoms with Gasteiger partial charge < -0.3 is 15.7 Å². The van der Waals surface area contributed by atoms with E-state index in [0.29, 0.717) is 23.7 Å². The van der Waals surface area contributed by atoms with E-state index in [4.69, 9.17) is 5.11 Å². The maximum atomic E-state index is 11.5. The second-order valence-corrected chi connectivity index (χ2v) is 4.56. The van der Waals surface area contributed by atoms with Crippen LogP contribution in [-0.4, -0.2) is 23.7 Å². The van der Waals surface area contributed by atoms with Gasteiger partial charge in [0.1, 0.15) is 0 Å². The fraction of sp³-hybridized carbons (Fsp3) is 0.385. The first-order valence-corrected chi connectivity index (χ1v) is 5.79. The Morgan fingerprint density at radius 2 is 2.00 bits per heavy atom. The Morgan fingerprint density at radius 3 is 2.50 bits per heavy atom. The molecule has 0 saturated heterocycles. The molecule has 18 heavy (non-hydrogen) atoms. The van der Waals surface area contributed by atoms with Crippen molar-refractivity contribution in [2.24, 2.45) is 5.92 Å². The van der Waals surface area contributed by atoms with Crippen molar-refractivity contribution < 1.29 is 14.7 Å². The van der Waals surface area contributed by atoms with Gasteiger partial charge in [-0.05, 0) is 36.6 Å². The van der Waals surface area contributed by atoms with Crippen molar-refractivity contribution in [2.75, 3.05) is 11.9 Å². The summed E-state index contributed by atoms with van der Waals surface area (Å²) in [5.41, 5.74) is 1.44. The van der Waals surface area contributed by atoms with E-state index >= 15 is 0 Å². The highest BCUT2D eigenvalue weighted by atomic mass is 16.4. The zero-order valence-corrected chi connectivity index (χ0v) is 10.8. The topological polar surface area (TPSA) is 78.4 Å². The van der Waals surface area contributed by atoms with Crippen LogP contribution in [-0.2, 0) is 0 Å². The Bertz CT molecular complexity index is 456. The summed E-state index contributed by atoms with van der Waals surface area (Å²) in [4.78, 5) is 22.3. The third kappa shape index (κ3) is 4.08. The highest BCUT2D eigenvalue weighted by Gasteiger charge is 2.08. The lowest BCUT2D eigenvalue weighted by Crippen LogP contribution is -2.31. The Kier molecular flexibility index (Phi) is 4.71. The third-order valence-corrected chi connectivity index (χ3v) is 2.39. The largest absolute Gasteiger partial charge is 0.478 e. The molecule has 0 heterocycles. The number of amides is 2. The molecular formula is C13H18N2O3. The van der Waals surface area contributed by atoms with Crippen LogP contribution in [0.1, 0.15) is 29.8 Å². The van der Waals surface area contributed by atoms with E-state index < -0.39 is 5.97 Å². The minimum Gasteiger partial charge on any atom is -0.478 e. The minimum atomic E-state index is -0.969. The summed E-state index contributed by atoms with van der Waals surface area (Å²) in [7, 11) is 0. The van der Waals surface area contributed by atoms with Gasteiger partial charge in [0, 0.05) is 12.2 Å². The van der Waals surface area contributed by atoms with Crippen molar-refractivity contribution in [3.63, 3.8) is 0 Å². The SMILES string of the molecule is Cc1cc(NC(=O)NCC(C)C)ccc1C(=O)O. The predicted octanol–water partition coefficient (Wildman–Crippen LogP) is 2.47. The van der Waals surface area contributed by atoms with Crippen LogP contribution in [0.25, 0.3) is 0 Å². The number of urea groups is 1. The van der Waals surface area contributed by atoms with Crippen LogP contribution in [0.5, 0.6) is 0 Å². The number of aryl methyl sites for hydroxylation is 1. The molecule has 5 nitrogen and oxygen atoms in total. The van der Waals surface area contributed by atoms with E-state index in [2.05, 4.69) is 10.6 Å². The number of carbonyl (C=O) groups is 2. The average Bonchev–Trinajstić information content (AvgIpc) is 2.26. The maximum Gasteiger partial charge on any atom is 0.335 e. The molecule has 0 fully saturated rings. The van der Waals surface area contributed by atoms with Crippen LogP contribution in [0.4, 0.5) is 10.5 Å². The first-order chi connectivity index (χ1) is 8.40. The van der Waals surface area contributed by atoms with Gasteiger partial charge in [0.2, 0.25) is 0 Å². The Labute approximate surface area is 106 Å². The van der Waals surface area contributed by atoms with Gasteiger partial charge in [-0.25, -0.2) is 9.59 Å². The van der Waals surface area contributed by atoms with Gasteiger partial charge in [0.15, 0.2) is 0 Å². The zero-order valence-electron chi connectivity index (χ0n) is 10.8. The number of anilines is 1. The van der Waals surface area contributed by atoms with E-state index in [9.17, 15) is 9.59 Å². The van der Waals surface area contributed by atoms with E-state index in [1.54, 1.807) is 19.1 Å². The molecule has 0 unspecified atom stereocenters. The van der Waals surface area contributed by atoms with Crippen LogP contribution < -0.4 is 10.6 Å². The molecule has 0 bridgehead atoms. The molecule has 1 aromatic rings. The standard InChI is InChI=1S/C13H18N2O3/c1-8(2)7-14-13(18)15-10-4-5-11(12(16)17)9(3)6-10/h4-6,8H,7H2,1-3H3,(H,16,17)(H2,14,15,18). The molecule has 0 saturated carbocycles. The van der Waals surface area contributed by atoms with Crippen LogP contribution >= 0.6 is 0 Å². The van der Waals surface area contributed by atoms with E-state index in [-0.39, 0.29) is 11.6 Å². The third-order valence-electron chi connectivity index (χ3n) is 2.39. The second kappa shape index (κ2) is 6.05. The van der Waals surface area contributed by atoms with Crippen LogP contribution in [0.3, 0.4) is 0 Å². The number of carboxylic acid groups (broad SMARTS) is 1. The summed E-state index contributed by atoms with van der Waals surface area (Å²) < 4.78 is 0. The molecule has 0 atom stereocenters. The number of carboxylic acids is 1. The number of benzene rings is 1. The first kappa shape index (κ1) is 14.0. The van der Waals surface area contributed by atoms with Crippen molar-refractivity contribution >= 4 is 17.7 Å². The monoisotopic (exact) mass is 250 g/mol. The van der Waals surface area contributed by atoms with Gasteiger partial charge in [-0.1, -0.05) is 13.8 Å². The lowest BCUT2D eigenvalue weighted by atomic mass is 10.1. The quantitative estimate of drug-likeness (QED) is 0.768. The van der Waals surface area contributed by atoms with Gasteiger partial charge in [-0.2, -0.15) is 0 Å². The number of nitrogens with one attached hydrogen (secondary N) is 2. The molecule has 1 rings (SSSR count). The Hall–Kier alpha value is -2.04. The molecule has 2 amide bonds. The highest BCUT2D eigenvalue weighted by Crippen LogP contribution is 2.15. The van der Waals surface area contributed by atoms with Crippen molar-refractivity contribution in [3.8, 4) is 0 Å². The molecule has 0 aliphatic heterocycles. The predicted molar refractivity (Wildman–Crippen MR) is 70.0 cm³/mol. The zero-order chi connectivity index (χ0) is 13.7. The van der Waals surface area contributed by atoms with Crippen molar-refractivity contribution in [2.45, 2.75) is 20.8 Å². The van der Waals surface area contributed by atoms with E-state index in [1.165, 1.54) is 6.07 Å². The number of rotatable bonds is 4. The van der Waals surface area contributed by atoms with E-state index in [1.807, 2.05) is 13.8 Å². The molecule has 1 aromatic carbocycles. The molecule has 0 radical (unpaired) electrons. The summed E-state index contributed by atoms with van der Waals surface area (Å²) in [5, 5.41) is 14.3. The van der Waals surface area contributed by atoms with Gasteiger partial charge in [0.25, 0.3) is 0 Å². The fourth-order valence-electron chi connectivity index (χ4n) is 1.45. The average molecular weight is 250 g/mol. The van der Waals surface area contributed by atoms with Crippen LogP contribution in [0.2, 0.25) is 0 Å². The van der Waals surface area contributed by atoms with Gasteiger partial charge in [0.05, 0.1) is 5.56 Å². The minimum absolute atomic E-state index is 0.239. The number of hydrogen-bond acceptors (Lipinski definition) is 2. The first-order valence-electron chi connectivity index (χ1n) is 5.79. The molecular weight excluding hydrogens is 232 g/mol. The number of carbonyl (C=O) groups excluding carboxylic acids is 1. The summed E-state index contributed by atoms with van der Waals surface area (Å²) in [6.45, 7) is 6.30. The van der Waals surface area contributed by atoms with Gasteiger partial charge >= 0.3 is 12.0 Å². The molecule has 0 aromatic heterocycles. The Morgan fingerprint density at radius 1 is 1.33 bits per heavy atom. The molecule has 0 spiro atoms. The van der Waals surface area contributed by atoms with Crippen molar-refractivity contribution in [1.29, 1.82) is 0 Å².